The van der Waals surface area contributed by atoms with Crippen LogP contribution in [0.5, 0.6) is 0 Å². The maximum atomic E-state index is 13.7. The van der Waals surface area contributed by atoms with Gasteiger partial charge in [0.15, 0.2) is 28.9 Å². The van der Waals surface area contributed by atoms with Crippen molar-refractivity contribution in [1.82, 2.24) is 19.4 Å². The topological polar surface area (TPSA) is 65.1 Å². The summed E-state index contributed by atoms with van der Waals surface area (Å²) in [5.41, 5.74) is -1.20. The second kappa shape index (κ2) is 6.93. The quantitative estimate of drug-likeness (QED) is 0.228. The fourth-order valence-electron chi connectivity index (χ4n) is 2.60. The van der Waals surface area contributed by atoms with E-state index in [0.717, 1.165) is 6.33 Å². The third kappa shape index (κ3) is 2.96. The van der Waals surface area contributed by atoms with Crippen molar-refractivity contribution in [2.45, 2.75) is 0 Å². The minimum Gasteiger partial charge on any atom is -0.266 e. The summed E-state index contributed by atoms with van der Waals surface area (Å²) in [5, 5.41) is 7.59. The van der Waals surface area contributed by atoms with Crippen LogP contribution in [0.3, 0.4) is 0 Å². The molecule has 0 aliphatic heterocycles. The standard InChI is InChI=1S/C18H8F5N5O/c19-12-10(13(20)15(22)16(23)14(12)21)6-25-27-8-24-17-11(18(27)29)7-26-28(17)9-4-2-1-3-5-9/h1-8H/b25-6-. The SMILES string of the molecule is O=c1c2cnn(-c3ccccc3)c2ncn1/N=C\c1c(F)c(F)c(F)c(F)c1F. The molecule has 0 unspecified atom stereocenters. The van der Waals surface area contributed by atoms with Gasteiger partial charge in [-0.1, -0.05) is 18.2 Å². The Hall–Kier alpha value is -3.89. The van der Waals surface area contributed by atoms with Crippen molar-refractivity contribution < 1.29 is 22.0 Å². The number of aromatic nitrogens is 4. The van der Waals surface area contributed by atoms with Gasteiger partial charge in [-0.25, -0.2) is 31.6 Å². The summed E-state index contributed by atoms with van der Waals surface area (Å²) in [7, 11) is 0. The molecule has 146 valence electrons. The Labute approximate surface area is 158 Å². The molecule has 0 aliphatic rings. The Balaban J connectivity index is 1.79. The second-order valence-electron chi connectivity index (χ2n) is 5.75. The Bertz CT molecular complexity index is 1300. The first-order chi connectivity index (χ1) is 13.9. The van der Waals surface area contributed by atoms with Gasteiger partial charge in [-0.15, -0.1) is 0 Å². The number of hydrogen-bond acceptors (Lipinski definition) is 4. The van der Waals surface area contributed by atoms with E-state index in [2.05, 4.69) is 15.2 Å². The fourth-order valence-corrected chi connectivity index (χ4v) is 2.60. The molecule has 0 aliphatic carbocycles. The van der Waals surface area contributed by atoms with Crippen LogP contribution in [-0.2, 0) is 0 Å². The summed E-state index contributed by atoms with van der Waals surface area (Å²) in [6, 6.07) is 8.79. The van der Waals surface area contributed by atoms with Crippen LogP contribution in [0.25, 0.3) is 16.7 Å². The highest BCUT2D eigenvalue weighted by molar-refractivity contribution is 5.80. The molecule has 4 rings (SSSR count). The first-order valence-electron chi connectivity index (χ1n) is 7.96. The summed E-state index contributed by atoms with van der Waals surface area (Å²) in [4.78, 5) is 16.6. The van der Waals surface area contributed by atoms with Gasteiger partial charge in [-0.3, -0.25) is 4.79 Å². The minimum atomic E-state index is -2.29. The minimum absolute atomic E-state index is 0.0333. The zero-order valence-electron chi connectivity index (χ0n) is 14.2. The molecule has 29 heavy (non-hydrogen) atoms. The molecule has 2 aromatic heterocycles. The Morgan fingerprint density at radius 3 is 2.17 bits per heavy atom. The maximum absolute atomic E-state index is 13.7. The van der Waals surface area contributed by atoms with E-state index in [-0.39, 0.29) is 11.0 Å². The highest BCUT2D eigenvalue weighted by atomic mass is 19.2. The summed E-state index contributed by atoms with van der Waals surface area (Å²) in [6.45, 7) is 0. The second-order valence-corrected chi connectivity index (χ2v) is 5.75. The molecule has 11 heteroatoms. The van der Waals surface area contributed by atoms with E-state index in [1.54, 1.807) is 30.3 Å². The maximum Gasteiger partial charge on any atom is 0.285 e. The smallest absolute Gasteiger partial charge is 0.266 e. The molecule has 0 saturated carbocycles. The largest absolute Gasteiger partial charge is 0.285 e. The molecule has 0 bridgehead atoms. The van der Waals surface area contributed by atoms with Crippen LogP contribution < -0.4 is 5.56 Å². The summed E-state index contributed by atoms with van der Waals surface area (Å²) < 4.78 is 69.1. The van der Waals surface area contributed by atoms with Crippen LogP contribution in [0.15, 0.2) is 52.8 Å². The van der Waals surface area contributed by atoms with E-state index in [1.165, 1.54) is 10.9 Å². The summed E-state index contributed by atoms with van der Waals surface area (Å²) >= 11 is 0. The van der Waals surface area contributed by atoms with Crippen molar-refractivity contribution in [3.63, 3.8) is 0 Å². The molecule has 0 saturated heterocycles. The van der Waals surface area contributed by atoms with Gasteiger partial charge in [0.1, 0.15) is 11.7 Å². The van der Waals surface area contributed by atoms with Gasteiger partial charge in [0, 0.05) is 0 Å². The molecular formula is C18H8F5N5O. The van der Waals surface area contributed by atoms with Gasteiger partial charge in [0.2, 0.25) is 5.82 Å². The zero-order valence-corrected chi connectivity index (χ0v) is 14.2. The van der Waals surface area contributed by atoms with Gasteiger partial charge in [0.05, 0.1) is 23.7 Å². The van der Waals surface area contributed by atoms with Gasteiger partial charge in [-0.2, -0.15) is 14.9 Å². The number of benzene rings is 2. The number of para-hydroxylation sites is 1. The van der Waals surface area contributed by atoms with E-state index in [9.17, 15) is 26.7 Å². The highest BCUT2D eigenvalue weighted by Gasteiger charge is 2.24. The van der Waals surface area contributed by atoms with Gasteiger partial charge >= 0.3 is 0 Å². The van der Waals surface area contributed by atoms with Crippen LogP contribution in [0.1, 0.15) is 5.56 Å². The average molecular weight is 405 g/mol. The lowest BCUT2D eigenvalue weighted by Crippen LogP contribution is -2.17. The van der Waals surface area contributed by atoms with Crippen molar-refractivity contribution in [2.24, 2.45) is 5.10 Å². The van der Waals surface area contributed by atoms with Crippen LogP contribution in [0.4, 0.5) is 22.0 Å². The Morgan fingerprint density at radius 1 is 0.897 bits per heavy atom. The monoisotopic (exact) mass is 405 g/mol. The third-order valence-corrected chi connectivity index (χ3v) is 4.03. The highest BCUT2D eigenvalue weighted by Crippen LogP contribution is 2.21. The molecule has 0 amide bonds. The third-order valence-electron chi connectivity index (χ3n) is 4.03. The number of halogens is 5. The predicted octanol–water partition coefficient (Wildman–Crippen LogP) is 3.16. The van der Waals surface area contributed by atoms with Crippen molar-refractivity contribution >= 4 is 17.2 Å². The van der Waals surface area contributed by atoms with Gasteiger partial charge < -0.3 is 0 Å². The number of nitrogens with zero attached hydrogens (tertiary/aromatic N) is 5. The lowest BCUT2D eigenvalue weighted by molar-refractivity contribution is 0.377. The lowest BCUT2D eigenvalue weighted by Gasteiger charge is -2.04. The zero-order chi connectivity index (χ0) is 20.7. The molecule has 0 spiro atoms. The summed E-state index contributed by atoms with van der Waals surface area (Å²) in [5.74, 6) is -10.6. The molecule has 2 heterocycles. The Morgan fingerprint density at radius 2 is 1.52 bits per heavy atom. The first kappa shape index (κ1) is 18.5. The molecular weight excluding hydrogens is 397 g/mol. The van der Waals surface area contributed by atoms with E-state index in [4.69, 9.17) is 0 Å². The molecule has 2 aromatic carbocycles. The summed E-state index contributed by atoms with van der Waals surface area (Å²) in [6.07, 6.45) is 2.52. The van der Waals surface area contributed by atoms with Crippen molar-refractivity contribution in [2.75, 3.05) is 0 Å². The number of fused-ring (bicyclic) bond motifs is 1. The van der Waals surface area contributed by atoms with Crippen LogP contribution in [0.2, 0.25) is 0 Å². The molecule has 0 N–H and O–H groups in total. The molecule has 0 atom stereocenters. The average Bonchev–Trinajstić information content (AvgIpc) is 3.18. The fraction of sp³-hybridized carbons (Fsp3) is 0. The van der Waals surface area contributed by atoms with E-state index >= 15 is 0 Å². The lowest BCUT2D eigenvalue weighted by atomic mass is 10.2. The van der Waals surface area contributed by atoms with Crippen LogP contribution >= 0.6 is 0 Å². The molecule has 0 radical (unpaired) electrons. The van der Waals surface area contributed by atoms with E-state index in [1.807, 2.05) is 0 Å². The normalized spacial score (nSPS) is 11.6. The van der Waals surface area contributed by atoms with E-state index in [0.29, 0.717) is 16.6 Å². The van der Waals surface area contributed by atoms with Gasteiger partial charge in [-0.05, 0) is 12.1 Å². The van der Waals surface area contributed by atoms with Crippen LogP contribution in [-0.4, -0.2) is 25.7 Å². The number of hydrogen-bond donors (Lipinski definition) is 0. The Kier molecular flexibility index (Phi) is 4.41. The molecule has 0 fully saturated rings. The van der Waals surface area contributed by atoms with Crippen molar-refractivity contribution in [3.05, 3.63) is 87.9 Å². The first-order valence-corrected chi connectivity index (χ1v) is 7.96. The van der Waals surface area contributed by atoms with Crippen molar-refractivity contribution in [1.29, 1.82) is 0 Å². The predicted molar refractivity (Wildman–Crippen MR) is 92.3 cm³/mol. The van der Waals surface area contributed by atoms with E-state index < -0.39 is 40.2 Å². The van der Waals surface area contributed by atoms with Crippen molar-refractivity contribution in [3.8, 4) is 5.69 Å². The molecule has 6 nitrogen and oxygen atoms in total. The molecule has 4 aromatic rings. The number of rotatable bonds is 3. The van der Waals surface area contributed by atoms with Gasteiger partial charge in [0.25, 0.3) is 5.56 Å². The van der Waals surface area contributed by atoms with Crippen LogP contribution in [0, 0.1) is 29.1 Å².